The van der Waals surface area contributed by atoms with Crippen molar-refractivity contribution in [2.24, 2.45) is 5.92 Å². The predicted octanol–water partition coefficient (Wildman–Crippen LogP) is 2.56. The van der Waals surface area contributed by atoms with Gasteiger partial charge < -0.3 is 24.4 Å². The second-order valence-corrected chi connectivity index (χ2v) is 7.33. The van der Waals surface area contributed by atoms with E-state index in [1.165, 1.54) is 0 Å². The van der Waals surface area contributed by atoms with Crippen molar-refractivity contribution >= 4 is 17.5 Å². The highest BCUT2D eigenvalue weighted by Crippen LogP contribution is 2.34. The molecule has 2 aromatic rings. The lowest BCUT2D eigenvalue weighted by Gasteiger charge is -2.18. The van der Waals surface area contributed by atoms with Crippen molar-refractivity contribution in [2.45, 2.75) is 32.9 Å². The monoisotopic (exact) mass is 413 g/mol. The molecule has 8 nitrogen and oxygen atoms in total. The first-order valence-corrected chi connectivity index (χ1v) is 9.83. The number of rotatable bonds is 8. The van der Waals surface area contributed by atoms with E-state index in [0.29, 0.717) is 36.2 Å². The molecule has 1 aliphatic heterocycles. The number of ether oxygens (including phenoxy) is 3. The van der Waals surface area contributed by atoms with Crippen LogP contribution in [0.5, 0.6) is 17.4 Å². The Morgan fingerprint density at radius 1 is 1.20 bits per heavy atom. The molecule has 1 fully saturated rings. The van der Waals surface area contributed by atoms with Crippen LogP contribution in [-0.2, 0) is 16.1 Å². The zero-order chi connectivity index (χ0) is 21.7. The Labute approximate surface area is 176 Å². The van der Waals surface area contributed by atoms with Gasteiger partial charge in [-0.2, -0.15) is 0 Å². The minimum Gasteiger partial charge on any atom is -0.493 e. The quantitative estimate of drug-likeness (QED) is 0.715. The predicted molar refractivity (Wildman–Crippen MR) is 112 cm³/mol. The maximum Gasteiger partial charge on any atom is 0.227 e. The van der Waals surface area contributed by atoms with Gasteiger partial charge in [0, 0.05) is 43.5 Å². The summed E-state index contributed by atoms with van der Waals surface area (Å²) in [4.78, 5) is 30.9. The molecular weight excluding hydrogens is 386 g/mol. The number of amides is 2. The van der Waals surface area contributed by atoms with Gasteiger partial charge in [0.1, 0.15) is 0 Å². The third-order valence-electron chi connectivity index (χ3n) is 4.80. The summed E-state index contributed by atoms with van der Waals surface area (Å²) in [5, 5.41) is 2.89. The molecule has 1 atom stereocenters. The van der Waals surface area contributed by atoms with Gasteiger partial charge in [0.2, 0.25) is 17.7 Å². The summed E-state index contributed by atoms with van der Waals surface area (Å²) in [6.45, 7) is 4.53. The molecule has 2 heterocycles. The normalized spacial score (nSPS) is 16.0. The first-order chi connectivity index (χ1) is 14.4. The molecule has 1 unspecified atom stereocenters. The van der Waals surface area contributed by atoms with Crippen LogP contribution in [0, 0.1) is 5.92 Å². The number of hydrogen-bond donors (Lipinski definition) is 1. The summed E-state index contributed by atoms with van der Waals surface area (Å²) < 4.78 is 16.1. The van der Waals surface area contributed by atoms with Crippen LogP contribution in [0.3, 0.4) is 0 Å². The van der Waals surface area contributed by atoms with Crippen molar-refractivity contribution in [3.05, 3.63) is 42.1 Å². The first-order valence-electron chi connectivity index (χ1n) is 9.83. The minimum absolute atomic E-state index is 0.0524. The molecule has 1 saturated heterocycles. The number of anilines is 1. The van der Waals surface area contributed by atoms with E-state index < -0.39 is 5.92 Å². The fraction of sp³-hybridized carbons (Fsp3) is 0.409. The molecule has 1 aromatic heterocycles. The number of nitrogens with zero attached hydrogens (tertiary/aromatic N) is 2. The van der Waals surface area contributed by atoms with Crippen molar-refractivity contribution in [1.29, 1.82) is 0 Å². The fourth-order valence-electron chi connectivity index (χ4n) is 3.29. The summed E-state index contributed by atoms with van der Waals surface area (Å²) in [6, 6.07) is 8.91. The molecule has 0 bridgehead atoms. The standard InChI is InChI=1S/C22H27N3O5/c1-14(2)30-20-8-5-15(11-23-20)12-24-22(27)16-9-21(26)25(13-16)17-6-7-18(28-3)19(10-17)29-4/h5-8,10-11,14,16H,9,12-13H2,1-4H3,(H,24,27). The fourth-order valence-corrected chi connectivity index (χ4v) is 3.29. The van der Waals surface area contributed by atoms with Crippen LogP contribution in [-0.4, -0.2) is 43.7 Å². The van der Waals surface area contributed by atoms with Crippen molar-refractivity contribution < 1.29 is 23.8 Å². The Morgan fingerprint density at radius 2 is 1.97 bits per heavy atom. The number of benzene rings is 1. The van der Waals surface area contributed by atoms with Gasteiger partial charge in [-0.05, 0) is 31.5 Å². The highest BCUT2D eigenvalue weighted by Gasteiger charge is 2.35. The molecule has 1 N–H and O–H groups in total. The van der Waals surface area contributed by atoms with Gasteiger partial charge in [0.05, 0.1) is 26.2 Å². The van der Waals surface area contributed by atoms with Gasteiger partial charge in [-0.15, -0.1) is 0 Å². The number of carbonyl (C=O) groups excluding carboxylic acids is 2. The molecule has 0 radical (unpaired) electrons. The first kappa shape index (κ1) is 21.4. The van der Waals surface area contributed by atoms with Gasteiger partial charge >= 0.3 is 0 Å². The highest BCUT2D eigenvalue weighted by atomic mass is 16.5. The molecule has 0 spiro atoms. The second kappa shape index (κ2) is 9.47. The number of nitrogens with one attached hydrogen (secondary N) is 1. The Morgan fingerprint density at radius 3 is 2.60 bits per heavy atom. The highest BCUT2D eigenvalue weighted by molar-refractivity contribution is 6.00. The lowest BCUT2D eigenvalue weighted by Crippen LogP contribution is -2.32. The van der Waals surface area contributed by atoms with Crippen molar-refractivity contribution in [3.63, 3.8) is 0 Å². The number of carbonyl (C=O) groups is 2. The van der Waals surface area contributed by atoms with E-state index >= 15 is 0 Å². The van der Waals surface area contributed by atoms with Crippen molar-refractivity contribution in [3.8, 4) is 17.4 Å². The van der Waals surface area contributed by atoms with E-state index in [0.717, 1.165) is 5.56 Å². The topological polar surface area (TPSA) is 90.0 Å². The van der Waals surface area contributed by atoms with Crippen LogP contribution in [0.4, 0.5) is 5.69 Å². The van der Waals surface area contributed by atoms with Crippen LogP contribution in [0.25, 0.3) is 0 Å². The minimum atomic E-state index is -0.415. The SMILES string of the molecule is COc1ccc(N2CC(C(=O)NCc3ccc(OC(C)C)nc3)CC2=O)cc1OC. The zero-order valence-electron chi connectivity index (χ0n) is 17.7. The van der Waals surface area contributed by atoms with Gasteiger partial charge in [-0.25, -0.2) is 4.98 Å². The maximum absolute atomic E-state index is 12.6. The van der Waals surface area contributed by atoms with E-state index in [-0.39, 0.29) is 24.3 Å². The van der Waals surface area contributed by atoms with Crippen LogP contribution in [0.1, 0.15) is 25.8 Å². The van der Waals surface area contributed by atoms with E-state index in [1.54, 1.807) is 49.6 Å². The average molecular weight is 413 g/mol. The Balaban J connectivity index is 1.58. The van der Waals surface area contributed by atoms with Crippen LogP contribution in [0.2, 0.25) is 0 Å². The molecule has 160 valence electrons. The van der Waals surface area contributed by atoms with Crippen molar-refractivity contribution in [2.75, 3.05) is 25.7 Å². The summed E-state index contributed by atoms with van der Waals surface area (Å²) in [5.41, 5.74) is 1.54. The van der Waals surface area contributed by atoms with Gasteiger partial charge in [0.25, 0.3) is 0 Å². The van der Waals surface area contributed by atoms with Gasteiger partial charge in [0.15, 0.2) is 11.5 Å². The summed E-state index contributed by atoms with van der Waals surface area (Å²) in [6.07, 6.45) is 1.89. The summed E-state index contributed by atoms with van der Waals surface area (Å²) in [7, 11) is 3.10. The molecule has 1 aliphatic rings. The molecule has 2 amide bonds. The third-order valence-corrected chi connectivity index (χ3v) is 4.80. The van der Waals surface area contributed by atoms with Gasteiger partial charge in [-0.1, -0.05) is 6.07 Å². The zero-order valence-corrected chi connectivity index (χ0v) is 17.7. The average Bonchev–Trinajstić information content (AvgIpc) is 3.13. The Bertz CT molecular complexity index is 898. The number of hydrogen-bond acceptors (Lipinski definition) is 6. The van der Waals surface area contributed by atoms with E-state index in [1.807, 2.05) is 19.9 Å². The molecule has 0 aliphatic carbocycles. The lowest BCUT2D eigenvalue weighted by molar-refractivity contribution is -0.126. The number of aromatic nitrogens is 1. The largest absolute Gasteiger partial charge is 0.493 e. The van der Waals surface area contributed by atoms with Crippen LogP contribution >= 0.6 is 0 Å². The van der Waals surface area contributed by atoms with Crippen molar-refractivity contribution in [1.82, 2.24) is 10.3 Å². The Kier molecular flexibility index (Phi) is 6.76. The summed E-state index contributed by atoms with van der Waals surface area (Å²) in [5.74, 6) is 0.996. The number of methoxy groups -OCH3 is 2. The Hall–Kier alpha value is -3.29. The molecule has 0 saturated carbocycles. The second-order valence-electron chi connectivity index (χ2n) is 7.33. The molecular formula is C22H27N3O5. The molecule has 3 rings (SSSR count). The maximum atomic E-state index is 12.6. The molecule has 8 heteroatoms. The summed E-state index contributed by atoms with van der Waals surface area (Å²) >= 11 is 0. The molecule has 1 aromatic carbocycles. The number of pyridine rings is 1. The molecule has 30 heavy (non-hydrogen) atoms. The van der Waals surface area contributed by atoms with Crippen LogP contribution < -0.4 is 24.4 Å². The van der Waals surface area contributed by atoms with Crippen LogP contribution in [0.15, 0.2) is 36.5 Å². The van der Waals surface area contributed by atoms with E-state index in [9.17, 15) is 9.59 Å². The van der Waals surface area contributed by atoms with E-state index in [2.05, 4.69) is 10.3 Å². The van der Waals surface area contributed by atoms with Gasteiger partial charge in [-0.3, -0.25) is 9.59 Å². The van der Waals surface area contributed by atoms with E-state index in [4.69, 9.17) is 14.2 Å². The lowest BCUT2D eigenvalue weighted by atomic mass is 10.1. The smallest absolute Gasteiger partial charge is 0.227 e. The third kappa shape index (κ3) is 5.00.